The van der Waals surface area contributed by atoms with E-state index in [2.05, 4.69) is 72.8 Å². The van der Waals surface area contributed by atoms with Gasteiger partial charge in [0.05, 0.1) is 0 Å². The Morgan fingerprint density at radius 3 is 1.86 bits per heavy atom. The molecule has 5 aromatic rings. The number of ketones is 1. The summed E-state index contributed by atoms with van der Waals surface area (Å²) in [5.74, 6) is 0.0852. The summed E-state index contributed by atoms with van der Waals surface area (Å²) in [5, 5.41) is 4.60. The van der Waals surface area contributed by atoms with Crippen molar-refractivity contribution in [3.63, 3.8) is 0 Å². The van der Waals surface area contributed by atoms with Crippen LogP contribution in [0.15, 0.2) is 103 Å². The number of fused-ring (bicyclic) bond motifs is 2. The zero-order chi connectivity index (χ0) is 19.8. The Kier molecular flexibility index (Phi) is 4.22. The van der Waals surface area contributed by atoms with Crippen molar-refractivity contribution in [3.8, 4) is 22.3 Å². The van der Waals surface area contributed by atoms with Gasteiger partial charge in [-0.05, 0) is 45.2 Å². The topological polar surface area (TPSA) is 17.1 Å². The predicted molar refractivity (Wildman–Crippen MR) is 122 cm³/mol. The highest BCUT2D eigenvalue weighted by Crippen LogP contribution is 2.40. The van der Waals surface area contributed by atoms with E-state index in [0.717, 1.165) is 32.8 Å². The van der Waals surface area contributed by atoms with Gasteiger partial charge in [0.2, 0.25) is 0 Å². The Bertz CT molecular complexity index is 1360. The standard InChI is InChI=1S/C28H20O/c1-19(29)22-16-15-21-11-5-6-12-24(21)28(22)27-18-17-23(20-9-3-2-4-10-20)25-13-7-8-14-26(25)27/h2-18H,1H3. The highest BCUT2D eigenvalue weighted by molar-refractivity contribution is 6.15. The van der Waals surface area contributed by atoms with Gasteiger partial charge in [-0.2, -0.15) is 0 Å². The number of carbonyl (C=O) groups excluding carboxylic acids is 1. The Morgan fingerprint density at radius 1 is 0.552 bits per heavy atom. The van der Waals surface area contributed by atoms with Crippen LogP contribution in [0.3, 0.4) is 0 Å². The molecule has 0 aromatic heterocycles. The van der Waals surface area contributed by atoms with Crippen LogP contribution in [0.4, 0.5) is 0 Å². The molecule has 0 amide bonds. The molecule has 0 N–H and O–H groups in total. The average molecular weight is 372 g/mol. The van der Waals surface area contributed by atoms with E-state index < -0.39 is 0 Å². The summed E-state index contributed by atoms with van der Waals surface area (Å²) in [7, 11) is 0. The highest BCUT2D eigenvalue weighted by atomic mass is 16.1. The fraction of sp³-hybridized carbons (Fsp3) is 0.0357. The van der Waals surface area contributed by atoms with Gasteiger partial charge in [-0.15, -0.1) is 0 Å². The van der Waals surface area contributed by atoms with E-state index in [9.17, 15) is 4.79 Å². The largest absolute Gasteiger partial charge is 0.294 e. The molecule has 0 heterocycles. The molecular weight excluding hydrogens is 352 g/mol. The lowest BCUT2D eigenvalue weighted by Crippen LogP contribution is -1.98. The van der Waals surface area contributed by atoms with E-state index in [4.69, 9.17) is 0 Å². The van der Waals surface area contributed by atoms with E-state index in [1.165, 1.54) is 16.5 Å². The van der Waals surface area contributed by atoms with Gasteiger partial charge in [0.25, 0.3) is 0 Å². The Balaban J connectivity index is 1.89. The lowest BCUT2D eigenvalue weighted by molar-refractivity contribution is 0.101. The summed E-state index contributed by atoms with van der Waals surface area (Å²) in [6.07, 6.45) is 0. The zero-order valence-electron chi connectivity index (χ0n) is 16.2. The maximum atomic E-state index is 12.5. The average Bonchev–Trinajstić information content (AvgIpc) is 2.78. The fourth-order valence-electron chi connectivity index (χ4n) is 4.24. The molecule has 1 nitrogen and oxygen atoms in total. The SMILES string of the molecule is CC(=O)c1ccc2ccccc2c1-c1ccc(-c2ccccc2)c2ccccc12. The summed E-state index contributed by atoms with van der Waals surface area (Å²) in [6, 6.07) is 35.5. The molecule has 0 atom stereocenters. The minimum Gasteiger partial charge on any atom is -0.294 e. The van der Waals surface area contributed by atoms with Crippen LogP contribution in [0.5, 0.6) is 0 Å². The lowest BCUT2D eigenvalue weighted by atomic mass is 9.87. The van der Waals surface area contributed by atoms with Gasteiger partial charge in [-0.25, -0.2) is 0 Å². The quantitative estimate of drug-likeness (QED) is 0.299. The maximum Gasteiger partial charge on any atom is 0.160 e. The Labute approximate surface area is 170 Å². The summed E-state index contributed by atoms with van der Waals surface area (Å²) >= 11 is 0. The Hall–Kier alpha value is -3.71. The summed E-state index contributed by atoms with van der Waals surface area (Å²) in [5.41, 5.74) is 5.28. The molecule has 0 spiro atoms. The summed E-state index contributed by atoms with van der Waals surface area (Å²) in [6.45, 7) is 1.65. The first-order valence-corrected chi connectivity index (χ1v) is 9.84. The minimum atomic E-state index is 0.0852. The third kappa shape index (κ3) is 2.92. The van der Waals surface area contributed by atoms with Crippen LogP contribution in [0.1, 0.15) is 17.3 Å². The van der Waals surface area contributed by atoms with Crippen LogP contribution in [-0.4, -0.2) is 5.78 Å². The normalized spacial score (nSPS) is 11.1. The molecule has 0 unspecified atom stereocenters. The van der Waals surface area contributed by atoms with Crippen LogP contribution in [0, 0.1) is 0 Å². The van der Waals surface area contributed by atoms with Gasteiger partial charge in [0.1, 0.15) is 0 Å². The smallest absolute Gasteiger partial charge is 0.160 e. The second-order valence-electron chi connectivity index (χ2n) is 7.34. The molecule has 0 aliphatic rings. The van der Waals surface area contributed by atoms with Crippen molar-refractivity contribution >= 4 is 27.3 Å². The second kappa shape index (κ2) is 7.03. The second-order valence-corrected chi connectivity index (χ2v) is 7.34. The van der Waals surface area contributed by atoms with E-state index in [1.54, 1.807) is 6.92 Å². The first-order chi connectivity index (χ1) is 14.2. The summed E-state index contributed by atoms with van der Waals surface area (Å²) < 4.78 is 0. The van der Waals surface area contributed by atoms with Gasteiger partial charge < -0.3 is 0 Å². The lowest BCUT2D eigenvalue weighted by Gasteiger charge is -2.16. The van der Waals surface area contributed by atoms with Gasteiger partial charge in [0.15, 0.2) is 5.78 Å². The first-order valence-electron chi connectivity index (χ1n) is 9.84. The fourth-order valence-corrected chi connectivity index (χ4v) is 4.24. The van der Waals surface area contributed by atoms with Crippen LogP contribution in [0.25, 0.3) is 43.8 Å². The molecule has 0 saturated heterocycles. The monoisotopic (exact) mass is 372 g/mol. The van der Waals surface area contributed by atoms with Crippen molar-refractivity contribution in [2.45, 2.75) is 6.92 Å². The molecule has 5 rings (SSSR count). The van der Waals surface area contributed by atoms with Crippen LogP contribution in [-0.2, 0) is 0 Å². The number of benzene rings is 5. The van der Waals surface area contributed by atoms with E-state index in [0.29, 0.717) is 0 Å². The predicted octanol–water partition coefficient (Wildman–Crippen LogP) is 7.53. The van der Waals surface area contributed by atoms with Crippen molar-refractivity contribution in [2.24, 2.45) is 0 Å². The molecule has 29 heavy (non-hydrogen) atoms. The number of rotatable bonds is 3. The minimum absolute atomic E-state index is 0.0852. The van der Waals surface area contributed by atoms with Gasteiger partial charge >= 0.3 is 0 Å². The third-order valence-electron chi connectivity index (χ3n) is 5.59. The van der Waals surface area contributed by atoms with Crippen molar-refractivity contribution in [3.05, 3.63) is 109 Å². The third-order valence-corrected chi connectivity index (χ3v) is 5.59. The number of Topliss-reactive ketones (excluding diaryl/α,β-unsaturated/α-hetero) is 1. The molecule has 138 valence electrons. The zero-order valence-corrected chi connectivity index (χ0v) is 16.2. The molecule has 0 saturated carbocycles. The highest BCUT2D eigenvalue weighted by Gasteiger charge is 2.16. The van der Waals surface area contributed by atoms with Crippen molar-refractivity contribution < 1.29 is 4.79 Å². The van der Waals surface area contributed by atoms with Gasteiger partial charge in [-0.3, -0.25) is 4.79 Å². The Morgan fingerprint density at radius 2 is 1.14 bits per heavy atom. The number of carbonyl (C=O) groups is 1. The van der Waals surface area contributed by atoms with Gasteiger partial charge in [-0.1, -0.05) is 103 Å². The van der Waals surface area contributed by atoms with Gasteiger partial charge in [0, 0.05) is 11.1 Å². The molecule has 0 aliphatic heterocycles. The van der Waals surface area contributed by atoms with Crippen LogP contribution >= 0.6 is 0 Å². The maximum absolute atomic E-state index is 12.5. The molecule has 0 radical (unpaired) electrons. The molecule has 0 fully saturated rings. The van der Waals surface area contributed by atoms with E-state index >= 15 is 0 Å². The first kappa shape index (κ1) is 17.4. The van der Waals surface area contributed by atoms with Crippen LogP contribution < -0.4 is 0 Å². The molecule has 0 bridgehead atoms. The van der Waals surface area contributed by atoms with Crippen molar-refractivity contribution in [1.29, 1.82) is 0 Å². The van der Waals surface area contributed by atoms with E-state index in [-0.39, 0.29) is 5.78 Å². The molecule has 5 aromatic carbocycles. The molecule has 0 aliphatic carbocycles. The van der Waals surface area contributed by atoms with Crippen LogP contribution in [0.2, 0.25) is 0 Å². The molecule has 1 heteroatoms. The number of hydrogen-bond acceptors (Lipinski definition) is 1. The van der Waals surface area contributed by atoms with E-state index in [1.807, 2.05) is 30.3 Å². The number of hydrogen-bond donors (Lipinski definition) is 0. The summed E-state index contributed by atoms with van der Waals surface area (Å²) in [4.78, 5) is 12.5. The van der Waals surface area contributed by atoms with Crippen molar-refractivity contribution in [1.82, 2.24) is 0 Å². The van der Waals surface area contributed by atoms with Crippen molar-refractivity contribution in [2.75, 3.05) is 0 Å². The molecular formula is C28H20O.